The number of methoxy groups -OCH3 is 4. The van der Waals surface area contributed by atoms with E-state index in [1.165, 1.54) is 0 Å². The molecule has 3 aliphatic rings. The van der Waals surface area contributed by atoms with Crippen molar-refractivity contribution in [2.24, 2.45) is 0 Å². The van der Waals surface area contributed by atoms with E-state index in [4.69, 9.17) is 23.7 Å². The maximum Gasteiger partial charge on any atom is 0.181 e. The van der Waals surface area contributed by atoms with Crippen LogP contribution in [0, 0.1) is 0 Å². The van der Waals surface area contributed by atoms with Crippen LogP contribution in [0.2, 0.25) is 0 Å². The van der Waals surface area contributed by atoms with Crippen molar-refractivity contribution in [2.75, 3.05) is 41.6 Å². The summed E-state index contributed by atoms with van der Waals surface area (Å²) in [6.45, 7) is 3.00. The molecule has 0 aromatic heterocycles. The van der Waals surface area contributed by atoms with Gasteiger partial charge in [0.15, 0.2) is 28.7 Å². The van der Waals surface area contributed by atoms with Crippen LogP contribution in [0.1, 0.15) is 35.2 Å². The zero-order valence-corrected chi connectivity index (χ0v) is 17.9. The number of aliphatic hydroxyl groups is 1. The predicted molar refractivity (Wildman–Crippen MR) is 109 cm³/mol. The van der Waals surface area contributed by atoms with Gasteiger partial charge in [0.05, 0.1) is 41.1 Å². The molecule has 2 aromatic carbocycles. The Morgan fingerprint density at radius 1 is 0.967 bits per heavy atom. The molecular formula is C23H27NO6. The Morgan fingerprint density at radius 3 is 2.33 bits per heavy atom. The fraction of sp³-hybridized carbons (Fsp3) is 0.478. The van der Waals surface area contributed by atoms with Gasteiger partial charge in [0.2, 0.25) is 0 Å². The van der Waals surface area contributed by atoms with E-state index in [0.29, 0.717) is 29.6 Å². The molecule has 0 radical (unpaired) electrons. The second kappa shape index (κ2) is 6.51. The lowest BCUT2D eigenvalue weighted by molar-refractivity contribution is -0.236. The van der Waals surface area contributed by atoms with Crippen LogP contribution in [-0.4, -0.2) is 51.6 Å². The van der Waals surface area contributed by atoms with Crippen LogP contribution in [0.4, 0.5) is 0 Å². The molecule has 0 amide bonds. The Kier molecular flexibility index (Phi) is 4.23. The number of hydrogen-bond donors (Lipinski definition) is 1. The smallest absolute Gasteiger partial charge is 0.181 e. The molecule has 2 aromatic rings. The molecule has 1 N–H and O–H groups in total. The SMILES string of the molecule is COc1cc2c(cc1OC)C13OCC(c4c(ccc(OC)c4OC)C1(C)O)N3CC2. The van der Waals surface area contributed by atoms with Gasteiger partial charge in [-0.15, -0.1) is 0 Å². The summed E-state index contributed by atoms with van der Waals surface area (Å²) >= 11 is 0. The van der Waals surface area contributed by atoms with Crippen molar-refractivity contribution in [3.05, 3.63) is 46.5 Å². The first-order valence-corrected chi connectivity index (χ1v) is 10.1. The topological polar surface area (TPSA) is 69.6 Å². The standard InChI is InChI=1S/C23H27NO6/c1-22(25)14-6-7-17(26-2)21(29-5)20(14)16-12-30-23(22)15-11-19(28-4)18(27-3)10-13(15)8-9-24(16)23/h6-7,10-11,16,25H,8-9,12H2,1-5H3. The highest BCUT2D eigenvalue weighted by Crippen LogP contribution is 2.63. The molecule has 1 fully saturated rings. The number of nitrogens with zero attached hydrogens (tertiary/aromatic N) is 1. The highest BCUT2D eigenvalue weighted by atomic mass is 16.6. The summed E-state index contributed by atoms with van der Waals surface area (Å²) in [5, 5.41) is 12.1. The monoisotopic (exact) mass is 413 g/mol. The normalized spacial score (nSPS) is 28.9. The number of hydrogen-bond acceptors (Lipinski definition) is 7. The van der Waals surface area contributed by atoms with Crippen LogP contribution in [0.5, 0.6) is 23.0 Å². The van der Waals surface area contributed by atoms with E-state index in [1.54, 1.807) is 28.4 Å². The third-order valence-electron chi connectivity index (χ3n) is 6.93. The van der Waals surface area contributed by atoms with Crippen molar-refractivity contribution in [2.45, 2.75) is 30.7 Å². The molecule has 1 saturated heterocycles. The van der Waals surface area contributed by atoms with Crippen LogP contribution in [0.25, 0.3) is 0 Å². The van der Waals surface area contributed by atoms with E-state index in [2.05, 4.69) is 4.90 Å². The van der Waals surface area contributed by atoms with E-state index in [-0.39, 0.29) is 6.04 Å². The fourth-order valence-electron chi connectivity index (χ4n) is 5.63. The maximum atomic E-state index is 12.1. The van der Waals surface area contributed by atoms with Gasteiger partial charge in [0.25, 0.3) is 0 Å². The zero-order chi connectivity index (χ0) is 21.3. The summed E-state index contributed by atoms with van der Waals surface area (Å²) in [6.07, 6.45) is 0.814. The van der Waals surface area contributed by atoms with Crippen molar-refractivity contribution >= 4 is 0 Å². The summed E-state index contributed by atoms with van der Waals surface area (Å²) in [6, 6.07) is 7.66. The van der Waals surface area contributed by atoms with Crippen molar-refractivity contribution < 1.29 is 28.8 Å². The summed E-state index contributed by atoms with van der Waals surface area (Å²) < 4.78 is 28.9. The Labute approximate surface area is 176 Å². The molecule has 3 aliphatic heterocycles. The van der Waals surface area contributed by atoms with Crippen LogP contribution in [0.15, 0.2) is 24.3 Å². The average molecular weight is 413 g/mol. The van der Waals surface area contributed by atoms with Crippen molar-refractivity contribution in [3.63, 3.8) is 0 Å². The molecule has 7 heteroatoms. The van der Waals surface area contributed by atoms with E-state index < -0.39 is 11.3 Å². The Bertz CT molecular complexity index is 1020. The van der Waals surface area contributed by atoms with Crippen molar-refractivity contribution in [1.29, 1.82) is 0 Å². The number of ether oxygens (including phenoxy) is 5. The summed E-state index contributed by atoms with van der Waals surface area (Å²) in [5.41, 5.74) is 1.38. The van der Waals surface area contributed by atoms with E-state index >= 15 is 0 Å². The van der Waals surface area contributed by atoms with Gasteiger partial charge < -0.3 is 28.8 Å². The molecule has 7 nitrogen and oxygen atoms in total. The number of rotatable bonds is 4. The number of fused-ring (bicyclic) bond motifs is 3. The van der Waals surface area contributed by atoms with Gasteiger partial charge in [-0.25, -0.2) is 0 Å². The predicted octanol–water partition coefficient (Wildman–Crippen LogP) is 2.72. The highest BCUT2D eigenvalue weighted by Gasteiger charge is 2.67. The quantitative estimate of drug-likeness (QED) is 0.827. The molecule has 0 saturated carbocycles. The molecule has 0 spiro atoms. The Morgan fingerprint density at radius 2 is 1.67 bits per heavy atom. The summed E-state index contributed by atoms with van der Waals surface area (Å²) in [4.78, 5) is 2.26. The van der Waals surface area contributed by atoms with Crippen molar-refractivity contribution in [1.82, 2.24) is 4.90 Å². The minimum absolute atomic E-state index is 0.0495. The van der Waals surface area contributed by atoms with E-state index in [1.807, 2.05) is 31.2 Å². The average Bonchev–Trinajstić information content (AvgIpc) is 3.13. The second-order valence-electron chi connectivity index (χ2n) is 8.11. The third-order valence-corrected chi connectivity index (χ3v) is 6.93. The molecule has 160 valence electrons. The van der Waals surface area contributed by atoms with Gasteiger partial charge in [-0.05, 0) is 42.7 Å². The molecule has 30 heavy (non-hydrogen) atoms. The van der Waals surface area contributed by atoms with Gasteiger partial charge in [-0.2, -0.15) is 0 Å². The molecule has 3 heterocycles. The first kappa shape index (κ1) is 19.5. The largest absolute Gasteiger partial charge is 0.493 e. The minimum atomic E-state index is -1.33. The first-order valence-electron chi connectivity index (χ1n) is 10.1. The first-order chi connectivity index (χ1) is 14.4. The van der Waals surface area contributed by atoms with Gasteiger partial charge in [0, 0.05) is 17.7 Å². The lowest BCUT2D eigenvalue weighted by Gasteiger charge is -2.55. The molecule has 0 aliphatic carbocycles. The van der Waals surface area contributed by atoms with Gasteiger partial charge >= 0.3 is 0 Å². The Balaban J connectivity index is 1.79. The lowest BCUT2D eigenvalue weighted by Crippen LogP contribution is -2.62. The van der Waals surface area contributed by atoms with Gasteiger partial charge in [-0.1, -0.05) is 6.07 Å². The number of benzene rings is 2. The van der Waals surface area contributed by atoms with Crippen molar-refractivity contribution in [3.8, 4) is 23.0 Å². The van der Waals surface area contributed by atoms with Gasteiger partial charge in [0.1, 0.15) is 5.60 Å². The molecule has 3 atom stereocenters. The van der Waals surface area contributed by atoms with E-state index in [9.17, 15) is 5.11 Å². The van der Waals surface area contributed by atoms with Crippen LogP contribution >= 0.6 is 0 Å². The third kappa shape index (κ3) is 2.15. The Hall–Kier alpha value is -2.48. The van der Waals surface area contributed by atoms with E-state index in [0.717, 1.165) is 35.2 Å². The van der Waals surface area contributed by atoms with Crippen LogP contribution in [0.3, 0.4) is 0 Å². The maximum absolute atomic E-state index is 12.1. The van der Waals surface area contributed by atoms with Crippen LogP contribution in [-0.2, 0) is 22.5 Å². The molecule has 3 unspecified atom stereocenters. The highest BCUT2D eigenvalue weighted by molar-refractivity contribution is 5.60. The zero-order valence-electron chi connectivity index (χ0n) is 17.9. The van der Waals surface area contributed by atoms with Gasteiger partial charge in [-0.3, -0.25) is 4.90 Å². The second-order valence-corrected chi connectivity index (χ2v) is 8.11. The summed E-state index contributed by atoms with van der Waals surface area (Å²) in [7, 11) is 6.50. The minimum Gasteiger partial charge on any atom is -0.493 e. The lowest BCUT2D eigenvalue weighted by atomic mass is 9.70. The molecular weight excluding hydrogens is 386 g/mol. The fourth-order valence-corrected chi connectivity index (χ4v) is 5.63. The molecule has 5 rings (SSSR count). The van der Waals surface area contributed by atoms with Crippen LogP contribution < -0.4 is 18.9 Å². The summed E-state index contributed by atoms with van der Waals surface area (Å²) in [5.74, 6) is 2.60. The molecule has 2 bridgehead atoms.